The Morgan fingerprint density at radius 2 is 0.659 bits per heavy atom. The molecule has 2 atom stereocenters. The minimum Gasteiger partial charge on any atom is -0.373 e. The predicted octanol–water partition coefficient (Wildman–Crippen LogP) is 11.6. The third kappa shape index (κ3) is 23.6. The standard InChI is InChI=1S/C26H58O6S7Si2/c1-9-17-27-40(28-18-10-2,29-19-11-3)23-15-25(7)33-35-37-39-38-36-34-26(8)16-24-41(30-20-12-4,31-21-13-5)32-22-14-6/h25-26H,9-24H2,1-8H3. The summed E-state index contributed by atoms with van der Waals surface area (Å²) in [6.45, 7) is 21.7. The van der Waals surface area contributed by atoms with Crippen molar-refractivity contribution in [2.45, 2.75) is 129 Å². The fraction of sp³-hybridized carbons (Fsp3) is 1.00. The van der Waals surface area contributed by atoms with E-state index in [-0.39, 0.29) is 0 Å². The summed E-state index contributed by atoms with van der Waals surface area (Å²) in [6, 6.07) is 1.78. The highest BCUT2D eigenvalue weighted by Crippen LogP contribution is 2.56. The van der Waals surface area contributed by atoms with Gasteiger partial charge in [-0.25, -0.2) is 0 Å². The summed E-state index contributed by atoms with van der Waals surface area (Å²) in [7, 11) is 7.90. The minimum atomic E-state index is -2.60. The van der Waals surface area contributed by atoms with E-state index in [0.29, 0.717) is 50.1 Å². The molecule has 0 aromatic carbocycles. The van der Waals surface area contributed by atoms with Gasteiger partial charge in [-0.3, -0.25) is 0 Å². The lowest BCUT2D eigenvalue weighted by Crippen LogP contribution is -2.47. The van der Waals surface area contributed by atoms with Crippen molar-refractivity contribution >= 4 is 88.3 Å². The first-order chi connectivity index (χ1) is 19.9. The fourth-order valence-corrected chi connectivity index (χ4v) is 25.0. The highest BCUT2D eigenvalue weighted by molar-refractivity contribution is 9.46. The molecule has 248 valence electrons. The van der Waals surface area contributed by atoms with Crippen molar-refractivity contribution in [1.29, 1.82) is 0 Å². The SMILES string of the molecule is CCCO[Si](CCC(C)SSSSSSSC(C)CC[Si](OCCC)(OCCC)OCCC)(OCCC)OCCC. The van der Waals surface area contributed by atoms with Gasteiger partial charge in [-0.1, -0.05) is 77.0 Å². The third-order valence-corrected chi connectivity index (χ3v) is 25.1. The lowest BCUT2D eigenvalue weighted by atomic mass is 10.4. The Morgan fingerprint density at radius 1 is 0.415 bits per heavy atom. The molecule has 0 bridgehead atoms. The average Bonchev–Trinajstić information content (AvgIpc) is 2.99. The van der Waals surface area contributed by atoms with Crippen LogP contribution < -0.4 is 0 Å². The quantitative estimate of drug-likeness (QED) is 0.0373. The molecule has 0 aromatic heterocycles. The molecule has 2 unspecified atom stereocenters. The summed E-state index contributed by atoms with van der Waals surface area (Å²) in [5.41, 5.74) is 0. The van der Waals surface area contributed by atoms with Gasteiger partial charge in [0.25, 0.3) is 0 Å². The minimum absolute atomic E-state index is 0.511. The molecule has 0 heterocycles. The normalized spacial score (nSPS) is 14.0. The molecule has 0 saturated carbocycles. The molecule has 0 aliphatic rings. The lowest BCUT2D eigenvalue weighted by molar-refractivity contribution is 0.0582. The zero-order valence-corrected chi connectivity index (χ0v) is 34.5. The zero-order chi connectivity index (χ0) is 30.7. The van der Waals surface area contributed by atoms with Crippen LogP contribution >= 0.6 is 70.7 Å². The lowest BCUT2D eigenvalue weighted by Gasteiger charge is -2.30. The van der Waals surface area contributed by atoms with Crippen LogP contribution in [0.15, 0.2) is 0 Å². The van der Waals surface area contributed by atoms with Crippen LogP contribution in [0.4, 0.5) is 0 Å². The van der Waals surface area contributed by atoms with Crippen molar-refractivity contribution in [2.24, 2.45) is 0 Å². The number of hydrogen-bond donors (Lipinski definition) is 0. The van der Waals surface area contributed by atoms with Crippen LogP contribution in [0.25, 0.3) is 0 Å². The number of rotatable bonds is 32. The first kappa shape index (κ1) is 43.6. The van der Waals surface area contributed by atoms with Gasteiger partial charge in [-0.05, 0) is 100 Å². The van der Waals surface area contributed by atoms with Crippen molar-refractivity contribution in [2.75, 3.05) is 39.6 Å². The van der Waals surface area contributed by atoms with Crippen LogP contribution in [-0.4, -0.2) is 67.8 Å². The van der Waals surface area contributed by atoms with Crippen LogP contribution in [0.1, 0.15) is 107 Å². The Hall–Kier alpha value is 2.64. The van der Waals surface area contributed by atoms with Gasteiger partial charge in [0.2, 0.25) is 0 Å². The van der Waals surface area contributed by atoms with E-state index in [2.05, 4.69) is 55.4 Å². The van der Waals surface area contributed by atoms with Gasteiger partial charge in [0, 0.05) is 62.2 Å². The molecule has 41 heavy (non-hydrogen) atoms. The van der Waals surface area contributed by atoms with Gasteiger partial charge in [-0.15, -0.1) is 0 Å². The zero-order valence-electron chi connectivity index (χ0n) is 26.8. The summed E-state index contributed by atoms with van der Waals surface area (Å²) in [4.78, 5) is 0. The molecule has 0 N–H and O–H groups in total. The van der Waals surface area contributed by atoms with Crippen LogP contribution in [0.2, 0.25) is 12.1 Å². The molecule has 0 spiro atoms. The van der Waals surface area contributed by atoms with Crippen LogP contribution in [0.3, 0.4) is 0 Å². The molecule has 0 aromatic rings. The van der Waals surface area contributed by atoms with Gasteiger partial charge in [0.05, 0.1) is 0 Å². The average molecular weight is 747 g/mol. The largest absolute Gasteiger partial charge is 0.500 e. The monoisotopic (exact) mass is 746 g/mol. The summed E-state index contributed by atoms with van der Waals surface area (Å²) in [6.07, 6.45) is 7.98. The summed E-state index contributed by atoms with van der Waals surface area (Å²) >= 11 is 0. The molecular weight excluding hydrogens is 689 g/mol. The molecule has 6 nitrogen and oxygen atoms in total. The highest BCUT2D eigenvalue weighted by atomic mass is 33.9. The van der Waals surface area contributed by atoms with E-state index in [1.165, 1.54) is 0 Å². The molecule has 15 heteroatoms. The predicted molar refractivity (Wildman–Crippen MR) is 200 cm³/mol. The molecule has 0 aliphatic heterocycles. The fourth-order valence-electron chi connectivity index (χ4n) is 3.28. The summed E-state index contributed by atoms with van der Waals surface area (Å²) in [5, 5.41) is 1.02. The molecule has 0 fully saturated rings. The third-order valence-electron chi connectivity index (χ3n) is 5.39. The smallest absolute Gasteiger partial charge is 0.373 e. The second-order valence-corrected chi connectivity index (χ2v) is 27.1. The van der Waals surface area contributed by atoms with E-state index >= 15 is 0 Å². The van der Waals surface area contributed by atoms with Crippen LogP contribution in [0, 0.1) is 0 Å². The van der Waals surface area contributed by atoms with Crippen molar-refractivity contribution < 1.29 is 26.6 Å². The van der Waals surface area contributed by atoms with E-state index in [9.17, 15) is 0 Å². The number of hydrogen-bond acceptors (Lipinski definition) is 13. The maximum Gasteiger partial charge on any atom is 0.500 e. The Morgan fingerprint density at radius 3 is 0.902 bits per heavy atom. The Labute approximate surface area is 281 Å². The molecule has 0 amide bonds. The van der Waals surface area contributed by atoms with E-state index in [1.54, 1.807) is 0 Å². The van der Waals surface area contributed by atoms with Gasteiger partial charge < -0.3 is 26.6 Å². The highest BCUT2D eigenvalue weighted by Gasteiger charge is 2.42. The second-order valence-electron chi connectivity index (χ2n) is 9.69. The van der Waals surface area contributed by atoms with Crippen LogP contribution in [-0.2, 0) is 26.6 Å². The Kier molecular flexibility index (Phi) is 31.9. The molecule has 0 radical (unpaired) electrons. The maximum atomic E-state index is 6.25. The van der Waals surface area contributed by atoms with Crippen molar-refractivity contribution in [3.8, 4) is 0 Å². The first-order valence-corrected chi connectivity index (χ1v) is 28.2. The van der Waals surface area contributed by atoms with Gasteiger partial charge in [-0.2, -0.15) is 0 Å². The Balaban J connectivity index is 4.36. The second kappa shape index (κ2) is 30.0. The van der Waals surface area contributed by atoms with Gasteiger partial charge >= 0.3 is 17.6 Å². The summed E-state index contributed by atoms with van der Waals surface area (Å²) < 4.78 is 37.5. The van der Waals surface area contributed by atoms with Gasteiger partial charge in [0.15, 0.2) is 0 Å². The first-order valence-electron chi connectivity index (χ1n) is 15.3. The van der Waals surface area contributed by atoms with Crippen molar-refractivity contribution in [1.82, 2.24) is 0 Å². The van der Waals surface area contributed by atoms with E-state index in [1.807, 2.05) is 70.7 Å². The maximum absolute atomic E-state index is 6.25. The van der Waals surface area contributed by atoms with Crippen LogP contribution in [0.5, 0.6) is 0 Å². The molecular formula is C26H58O6S7Si2. The van der Waals surface area contributed by atoms with Gasteiger partial charge in [0.1, 0.15) is 0 Å². The van der Waals surface area contributed by atoms with Crippen molar-refractivity contribution in [3.63, 3.8) is 0 Å². The summed E-state index contributed by atoms with van der Waals surface area (Å²) in [5.74, 6) is 0. The molecule has 0 rings (SSSR count). The molecule has 0 saturated heterocycles. The Bertz CT molecular complexity index is 489. The molecule has 0 aliphatic carbocycles. The topological polar surface area (TPSA) is 55.4 Å². The van der Waals surface area contributed by atoms with E-state index < -0.39 is 17.6 Å². The van der Waals surface area contributed by atoms with Crippen molar-refractivity contribution in [3.05, 3.63) is 0 Å². The van der Waals surface area contributed by atoms with E-state index in [0.717, 1.165) is 63.5 Å². The van der Waals surface area contributed by atoms with E-state index in [4.69, 9.17) is 26.6 Å².